The molecule has 2 heterocycles. The monoisotopic (exact) mass is 338 g/mol. The highest BCUT2D eigenvalue weighted by atomic mass is 17.1. The van der Waals surface area contributed by atoms with E-state index in [-0.39, 0.29) is 17.1 Å². The Bertz CT molecular complexity index is 496. The van der Waals surface area contributed by atoms with Gasteiger partial charge in [0.1, 0.15) is 5.60 Å². The van der Waals surface area contributed by atoms with Gasteiger partial charge in [0.2, 0.25) is 0 Å². The van der Waals surface area contributed by atoms with Crippen LogP contribution in [-0.2, 0) is 9.62 Å². The zero-order valence-corrected chi connectivity index (χ0v) is 15.8. The molecule has 0 radical (unpaired) electrons. The average molecular weight is 338 g/mol. The van der Waals surface area contributed by atoms with Gasteiger partial charge in [0.15, 0.2) is 0 Å². The SMILES string of the molecule is C=CC(C)(O)CCC1C2(C)CCC(O2)C1(C)CC=CC(C)(C)OO. The maximum Gasteiger partial charge on any atom is 0.116 e. The van der Waals surface area contributed by atoms with Crippen molar-refractivity contribution in [3.05, 3.63) is 24.8 Å². The molecule has 0 amide bonds. The second-order valence-corrected chi connectivity index (χ2v) is 8.92. The van der Waals surface area contributed by atoms with Crippen LogP contribution >= 0.6 is 0 Å². The summed E-state index contributed by atoms with van der Waals surface area (Å²) in [4.78, 5) is 4.49. The lowest BCUT2D eigenvalue weighted by Gasteiger charge is -2.42. The third kappa shape index (κ3) is 3.77. The maximum atomic E-state index is 10.3. The lowest BCUT2D eigenvalue weighted by atomic mass is 9.59. The van der Waals surface area contributed by atoms with Crippen LogP contribution in [0.4, 0.5) is 0 Å². The summed E-state index contributed by atoms with van der Waals surface area (Å²) in [5.41, 5.74) is -1.58. The van der Waals surface area contributed by atoms with Crippen molar-refractivity contribution in [3.63, 3.8) is 0 Å². The van der Waals surface area contributed by atoms with Gasteiger partial charge in [-0.3, -0.25) is 5.26 Å². The molecule has 0 aliphatic carbocycles. The Balaban J connectivity index is 2.14. The number of hydrogen-bond acceptors (Lipinski definition) is 4. The first kappa shape index (κ1) is 19.6. The van der Waals surface area contributed by atoms with E-state index in [0.717, 1.165) is 25.7 Å². The van der Waals surface area contributed by atoms with E-state index in [1.807, 2.05) is 26.8 Å². The molecule has 0 aromatic carbocycles. The van der Waals surface area contributed by atoms with Gasteiger partial charge in [-0.25, -0.2) is 4.89 Å². The maximum absolute atomic E-state index is 10.3. The summed E-state index contributed by atoms with van der Waals surface area (Å²) in [6.07, 6.45) is 10.5. The van der Waals surface area contributed by atoms with Crippen LogP contribution in [0.25, 0.3) is 0 Å². The standard InChI is InChI=1S/C20H34O4/c1-7-18(4,21)13-9-15-19(5,12-8-11-17(2,3)24-22)16-10-14-20(15,6)23-16/h7-8,11,15-16,21-22H,1,9-10,12-14H2,2-6H3. The molecule has 2 N–H and O–H groups in total. The molecule has 24 heavy (non-hydrogen) atoms. The summed E-state index contributed by atoms with van der Waals surface area (Å²) >= 11 is 0. The molecule has 2 aliphatic heterocycles. The summed E-state index contributed by atoms with van der Waals surface area (Å²) in [6.45, 7) is 13.7. The molecular formula is C20H34O4. The second kappa shape index (κ2) is 6.56. The fourth-order valence-electron chi connectivity index (χ4n) is 4.58. The van der Waals surface area contributed by atoms with E-state index in [9.17, 15) is 5.11 Å². The third-order valence-electron chi connectivity index (χ3n) is 6.27. The first-order valence-corrected chi connectivity index (χ1v) is 9.02. The minimum atomic E-state index is -0.832. The van der Waals surface area contributed by atoms with Crippen molar-refractivity contribution in [2.24, 2.45) is 11.3 Å². The number of fused-ring (bicyclic) bond motifs is 2. The van der Waals surface area contributed by atoms with E-state index < -0.39 is 11.2 Å². The molecule has 4 heteroatoms. The van der Waals surface area contributed by atoms with Crippen molar-refractivity contribution in [3.8, 4) is 0 Å². The molecule has 5 atom stereocenters. The minimum absolute atomic E-state index is 0.0340. The molecule has 4 nitrogen and oxygen atoms in total. The van der Waals surface area contributed by atoms with Crippen LogP contribution in [0.15, 0.2) is 24.8 Å². The normalized spacial score (nSPS) is 38.6. The zero-order valence-electron chi connectivity index (χ0n) is 15.8. The molecule has 0 spiro atoms. The van der Waals surface area contributed by atoms with Crippen LogP contribution in [0.2, 0.25) is 0 Å². The quantitative estimate of drug-likeness (QED) is 0.389. The Morgan fingerprint density at radius 1 is 1.33 bits per heavy atom. The number of aliphatic hydroxyl groups is 1. The van der Waals surface area contributed by atoms with Crippen LogP contribution in [-0.4, -0.2) is 33.3 Å². The average Bonchev–Trinajstić information content (AvgIpc) is 2.98. The second-order valence-electron chi connectivity index (χ2n) is 8.92. The van der Waals surface area contributed by atoms with E-state index in [1.165, 1.54) is 0 Å². The van der Waals surface area contributed by atoms with E-state index in [2.05, 4.69) is 31.4 Å². The van der Waals surface area contributed by atoms with Gasteiger partial charge in [0.05, 0.1) is 17.3 Å². The van der Waals surface area contributed by atoms with Gasteiger partial charge in [0.25, 0.3) is 0 Å². The fraction of sp³-hybridized carbons (Fsp3) is 0.800. The smallest absolute Gasteiger partial charge is 0.116 e. The molecule has 2 aliphatic rings. The number of hydrogen-bond donors (Lipinski definition) is 2. The van der Waals surface area contributed by atoms with Crippen LogP contribution in [0, 0.1) is 11.3 Å². The van der Waals surface area contributed by atoms with E-state index >= 15 is 0 Å². The van der Waals surface area contributed by atoms with Gasteiger partial charge in [-0.1, -0.05) is 25.2 Å². The minimum Gasteiger partial charge on any atom is -0.386 e. The molecule has 2 bridgehead atoms. The van der Waals surface area contributed by atoms with Crippen molar-refractivity contribution in [2.75, 3.05) is 0 Å². The Kier molecular flexibility index (Phi) is 5.37. The first-order chi connectivity index (χ1) is 11.0. The highest BCUT2D eigenvalue weighted by molar-refractivity contribution is 5.13. The molecule has 2 saturated heterocycles. The number of rotatable bonds is 8. The molecule has 5 unspecified atom stereocenters. The Labute approximate surface area is 146 Å². The van der Waals surface area contributed by atoms with Crippen molar-refractivity contribution in [1.82, 2.24) is 0 Å². The summed E-state index contributed by atoms with van der Waals surface area (Å²) in [6, 6.07) is 0. The zero-order chi connectivity index (χ0) is 18.2. The predicted octanol–water partition coefficient (Wildman–Crippen LogP) is 4.49. The largest absolute Gasteiger partial charge is 0.386 e. The lowest BCUT2D eigenvalue weighted by molar-refractivity contribution is -0.297. The van der Waals surface area contributed by atoms with Crippen LogP contribution < -0.4 is 0 Å². The molecule has 2 rings (SSSR count). The van der Waals surface area contributed by atoms with E-state index in [0.29, 0.717) is 12.3 Å². The van der Waals surface area contributed by atoms with Gasteiger partial charge >= 0.3 is 0 Å². The fourth-order valence-corrected chi connectivity index (χ4v) is 4.58. The molecule has 2 fully saturated rings. The van der Waals surface area contributed by atoms with Gasteiger partial charge in [0, 0.05) is 5.41 Å². The summed E-state index contributed by atoms with van der Waals surface area (Å²) in [5, 5.41) is 19.2. The van der Waals surface area contributed by atoms with Crippen LogP contribution in [0.3, 0.4) is 0 Å². The molecule has 0 aromatic rings. The molecule has 138 valence electrons. The Morgan fingerprint density at radius 3 is 2.58 bits per heavy atom. The third-order valence-corrected chi connectivity index (χ3v) is 6.27. The molecular weight excluding hydrogens is 304 g/mol. The number of allylic oxidation sites excluding steroid dienone is 1. The summed E-state index contributed by atoms with van der Waals surface area (Å²) < 4.78 is 6.37. The first-order valence-electron chi connectivity index (χ1n) is 9.02. The summed E-state index contributed by atoms with van der Waals surface area (Å²) in [5.74, 6) is 0.387. The highest BCUT2D eigenvalue weighted by Gasteiger charge is 2.61. The van der Waals surface area contributed by atoms with E-state index in [1.54, 1.807) is 6.08 Å². The van der Waals surface area contributed by atoms with Gasteiger partial charge in [-0.15, -0.1) is 6.58 Å². The van der Waals surface area contributed by atoms with Gasteiger partial charge in [-0.2, -0.15) is 0 Å². The predicted molar refractivity (Wildman–Crippen MR) is 95.7 cm³/mol. The summed E-state index contributed by atoms with van der Waals surface area (Å²) in [7, 11) is 0. The van der Waals surface area contributed by atoms with Gasteiger partial charge < -0.3 is 9.84 Å². The van der Waals surface area contributed by atoms with Crippen molar-refractivity contribution >= 4 is 0 Å². The Morgan fingerprint density at radius 2 is 2.00 bits per heavy atom. The van der Waals surface area contributed by atoms with Crippen molar-refractivity contribution in [1.29, 1.82) is 0 Å². The number of ether oxygens (including phenoxy) is 1. The van der Waals surface area contributed by atoms with Crippen molar-refractivity contribution in [2.45, 2.75) is 89.6 Å². The van der Waals surface area contributed by atoms with Crippen LogP contribution in [0.5, 0.6) is 0 Å². The topological polar surface area (TPSA) is 58.9 Å². The lowest BCUT2D eigenvalue weighted by Crippen LogP contribution is -2.43. The molecule has 0 aromatic heterocycles. The van der Waals surface area contributed by atoms with Crippen molar-refractivity contribution < 1.29 is 20.0 Å². The van der Waals surface area contributed by atoms with Crippen LogP contribution in [0.1, 0.15) is 66.7 Å². The van der Waals surface area contributed by atoms with Gasteiger partial charge in [-0.05, 0) is 65.7 Å². The highest BCUT2D eigenvalue weighted by Crippen LogP contribution is 2.61. The Hall–Kier alpha value is -0.680. The van der Waals surface area contributed by atoms with E-state index in [4.69, 9.17) is 9.99 Å². The molecule has 0 saturated carbocycles.